The zero-order valence-electron chi connectivity index (χ0n) is 11.1. The van der Waals surface area contributed by atoms with Crippen LogP contribution in [-0.2, 0) is 0 Å². The molecule has 0 saturated heterocycles. The molecular formula is C15H11BrClNO3. The van der Waals surface area contributed by atoms with Gasteiger partial charge in [0.2, 0.25) is 6.79 Å². The highest BCUT2D eigenvalue weighted by molar-refractivity contribution is 9.10. The van der Waals surface area contributed by atoms with Crippen LogP contribution in [0.25, 0.3) is 0 Å². The van der Waals surface area contributed by atoms with Crippen LogP contribution in [0.3, 0.4) is 0 Å². The average molecular weight is 369 g/mol. The van der Waals surface area contributed by atoms with Crippen LogP contribution in [0, 0.1) is 6.92 Å². The van der Waals surface area contributed by atoms with E-state index in [4.69, 9.17) is 21.1 Å². The molecule has 0 bridgehead atoms. The van der Waals surface area contributed by atoms with Crippen molar-refractivity contribution in [2.75, 3.05) is 12.1 Å². The minimum atomic E-state index is -0.227. The first-order valence-electron chi connectivity index (χ1n) is 6.22. The number of amides is 1. The fourth-order valence-electron chi connectivity index (χ4n) is 2.06. The Morgan fingerprint density at radius 1 is 1.29 bits per heavy atom. The van der Waals surface area contributed by atoms with Gasteiger partial charge in [0.05, 0.1) is 10.7 Å². The molecule has 0 radical (unpaired) electrons. The van der Waals surface area contributed by atoms with Crippen molar-refractivity contribution in [2.24, 2.45) is 0 Å². The third-order valence-electron chi connectivity index (χ3n) is 3.22. The maximum Gasteiger partial charge on any atom is 0.256 e. The number of nitrogens with one attached hydrogen (secondary N) is 1. The van der Waals surface area contributed by atoms with Gasteiger partial charge in [-0.05, 0) is 24.6 Å². The lowest BCUT2D eigenvalue weighted by atomic mass is 10.1. The number of ether oxygens (including phenoxy) is 2. The second-order valence-electron chi connectivity index (χ2n) is 4.55. The SMILES string of the molecule is Cc1c(Br)cccc1C(=O)Nc1cc2c(cc1Cl)OCO2. The summed E-state index contributed by atoms with van der Waals surface area (Å²) in [6.45, 7) is 2.04. The van der Waals surface area contributed by atoms with Gasteiger partial charge in [-0.3, -0.25) is 4.79 Å². The maximum absolute atomic E-state index is 12.4. The van der Waals surface area contributed by atoms with Gasteiger partial charge in [-0.25, -0.2) is 0 Å². The van der Waals surface area contributed by atoms with Crippen LogP contribution in [0.1, 0.15) is 15.9 Å². The lowest BCUT2D eigenvalue weighted by Crippen LogP contribution is -2.13. The summed E-state index contributed by atoms with van der Waals surface area (Å²) >= 11 is 9.56. The van der Waals surface area contributed by atoms with Crippen molar-refractivity contribution < 1.29 is 14.3 Å². The van der Waals surface area contributed by atoms with Crippen molar-refractivity contribution in [3.05, 3.63) is 51.0 Å². The molecule has 0 fully saturated rings. The predicted octanol–water partition coefficient (Wildman–Crippen LogP) is 4.39. The first kappa shape index (κ1) is 14.2. The first-order chi connectivity index (χ1) is 10.1. The van der Waals surface area contributed by atoms with Crippen molar-refractivity contribution in [2.45, 2.75) is 6.92 Å². The van der Waals surface area contributed by atoms with Gasteiger partial charge in [0, 0.05) is 22.2 Å². The molecule has 3 rings (SSSR count). The summed E-state index contributed by atoms with van der Waals surface area (Å²) in [5, 5.41) is 3.20. The molecule has 4 nitrogen and oxygen atoms in total. The highest BCUT2D eigenvalue weighted by atomic mass is 79.9. The van der Waals surface area contributed by atoms with E-state index >= 15 is 0 Å². The van der Waals surface area contributed by atoms with Crippen molar-refractivity contribution in [3.8, 4) is 11.5 Å². The second kappa shape index (κ2) is 5.58. The molecule has 0 saturated carbocycles. The molecule has 0 spiro atoms. The van der Waals surface area contributed by atoms with Crippen molar-refractivity contribution in [1.29, 1.82) is 0 Å². The van der Waals surface area contributed by atoms with Crippen LogP contribution in [-0.4, -0.2) is 12.7 Å². The molecule has 0 atom stereocenters. The van der Waals surface area contributed by atoms with Crippen LogP contribution in [0.4, 0.5) is 5.69 Å². The van der Waals surface area contributed by atoms with E-state index < -0.39 is 0 Å². The molecule has 21 heavy (non-hydrogen) atoms. The molecule has 1 amide bonds. The minimum Gasteiger partial charge on any atom is -0.454 e. The van der Waals surface area contributed by atoms with Gasteiger partial charge in [0.15, 0.2) is 11.5 Å². The number of carbonyl (C=O) groups is 1. The zero-order chi connectivity index (χ0) is 15.0. The van der Waals surface area contributed by atoms with Crippen LogP contribution in [0.2, 0.25) is 5.02 Å². The smallest absolute Gasteiger partial charge is 0.256 e. The summed E-state index contributed by atoms with van der Waals surface area (Å²) in [4.78, 5) is 12.4. The molecular weight excluding hydrogens is 358 g/mol. The Kier molecular flexibility index (Phi) is 3.78. The van der Waals surface area contributed by atoms with Gasteiger partial charge in [-0.2, -0.15) is 0 Å². The summed E-state index contributed by atoms with van der Waals surface area (Å²) in [7, 11) is 0. The summed E-state index contributed by atoms with van der Waals surface area (Å²) in [6, 6.07) is 8.76. The van der Waals surface area contributed by atoms with E-state index in [1.165, 1.54) is 0 Å². The standard InChI is InChI=1S/C15H11BrClNO3/c1-8-9(3-2-4-10(8)16)15(19)18-12-6-14-13(5-11(12)17)20-7-21-14/h2-6H,7H2,1H3,(H,18,19). The van der Waals surface area contributed by atoms with E-state index in [2.05, 4.69) is 21.2 Å². The number of hydrogen-bond acceptors (Lipinski definition) is 3. The summed E-state index contributed by atoms with van der Waals surface area (Å²) < 4.78 is 11.4. The third kappa shape index (κ3) is 2.71. The Balaban J connectivity index is 1.90. The molecule has 2 aromatic carbocycles. The Bertz CT molecular complexity index is 733. The Hall–Kier alpha value is -1.72. The predicted molar refractivity (Wildman–Crippen MR) is 84.4 cm³/mol. The van der Waals surface area contributed by atoms with Crippen molar-refractivity contribution in [3.63, 3.8) is 0 Å². The van der Waals surface area contributed by atoms with Gasteiger partial charge >= 0.3 is 0 Å². The molecule has 1 N–H and O–H groups in total. The van der Waals surface area contributed by atoms with Crippen molar-refractivity contribution in [1.82, 2.24) is 0 Å². The third-order valence-corrected chi connectivity index (χ3v) is 4.39. The van der Waals surface area contributed by atoms with Crippen LogP contribution in [0.5, 0.6) is 11.5 Å². The highest BCUT2D eigenvalue weighted by Gasteiger charge is 2.18. The number of fused-ring (bicyclic) bond motifs is 1. The second-order valence-corrected chi connectivity index (χ2v) is 5.81. The molecule has 1 aliphatic heterocycles. The zero-order valence-corrected chi connectivity index (χ0v) is 13.4. The monoisotopic (exact) mass is 367 g/mol. The molecule has 108 valence electrons. The van der Waals surface area contributed by atoms with E-state index in [1.54, 1.807) is 18.2 Å². The minimum absolute atomic E-state index is 0.161. The quantitative estimate of drug-likeness (QED) is 0.855. The van der Waals surface area contributed by atoms with E-state index in [0.717, 1.165) is 10.0 Å². The van der Waals surface area contributed by atoms with Gasteiger partial charge in [0.1, 0.15) is 0 Å². The molecule has 2 aromatic rings. The van der Waals surface area contributed by atoms with Crippen LogP contribution >= 0.6 is 27.5 Å². The summed E-state index contributed by atoms with van der Waals surface area (Å²) in [5.41, 5.74) is 1.94. The van der Waals surface area contributed by atoms with Crippen molar-refractivity contribution >= 4 is 39.1 Å². The molecule has 1 aliphatic rings. The lowest BCUT2D eigenvalue weighted by Gasteiger charge is -2.11. The fraction of sp³-hybridized carbons (Fsp3) is 0.133. The molecule has 0 unspecified atom stereocenters. The Labute approximate surface area is 135 Å². The number of halogens is 2. The van der Waals surface area contributed by atoms with Gasteiger partial charge < -0.3 is 14.8 Å². The maximum atomic E-state index is 12.4. The van der Waals surface area contributed by atoms with E-state index in [0.29, 0.717) is 27.8 Å². The highest BCUT2D eigenvalue weighted by Crippen LogP contribution is 2.39. The largest absolute Gasteiger partial charge is 0.454 e. The summed E-state index contributed by atoms with van der Waals surface area (Å²) in [5.74, 6) is 0.923. The molecule has 0 aliphatic carbocycles. The lowest BCUT2D eigenvalue weighted by molar-refractivity contribution is 0.102. The van der Waals surface area contributed by atoms with Crippen LogP contribution in [0.15, 0.2) is 34.8 Å². The Morgan fingerprint density at radius 3 is 2.76 bits per heavy atom. The van der Waals surface area contributed by atoms with E-state index in [9.17, 15) is 4.79 Å². The first-order valence-corrected chi connectivity index (χ1v) is 7.39. The molecule has 6 heteroatoms. The van der Waals surface area contributed by atoms with Gasteiger partial charge in [-0.15, -0.1) is 0 Å². The van der Waals surface area contributed by atoms with Gasteiger partial charge in [0.25, 0.3) is 5.91 Å². The summed E-state index contributed by atoms with van der Waals surface area (Å²) in [6.07, 6.45) is 0. The average Bonchev–Trinajstić information content (AvgIpc) is 2.89. The topological polar surface area (TPSA) is 47.6 Å². The number of hydrogen-bond donors (Lipinski definition) is 1. The number of benzene rings is 2. The van der Waals surface area contributed by atoms with Crippen LogP contribution < -0.4 is 14.8 Å². The number of rotatable bonds is 2. The molecule has 0 aromatic heterocycles. The fourth-order valence-corrected chi connectivity index (χ4v) is 2.62. The normalized spacial score (nSPS) is 12.3. The molecule has 1 heterocycles. The number of carbonyl (C=O) groups excluding carboxylic acids is 1. The van der Waals surface area contributed by atoms with E-state index in [1.807, 2.05) is 19.1 Å². The Morgan fingerprint density at radius 2 is 2.00 bits per heavy atom. The van der Waals surface area contributed by atoms with E-state index in [-0.39, 0.29) is 12.7 Å². The number of anilines is 1. The van der Waals surface area contributed by atoms with Gasteiger partial charge in [-0.1, -0.05) is 33.6 Å².